The van der Waals surface area contributed by atoms with Gasteiger partial charge in [0.1, 0.15) is 5.58 Å². The van der Waals surface area contributed by atoms with Crippen LogP contribution < -0.4 is 11.4 Å². The van der Waals surface area contributed by atoms with Crippen LogP contribution in [0.3, 0.4) is 0 Å². The van der Waals surface area contributed by atoms with Gasteiger partial charge in [-0.2, -0.15) is 0 Å². The lowest BCUT2D eigenvalue weighted by molar-refractivity contribution is 0.202. The maximum Gasteiger partial charge on any atom is 0.336 e. The van der Waals surface area contributed by atoms with Gasteiger partial charge in [-0.25, -0.2) is 4.79 Å². The van der Waals surface area contributed by atoms with Crippen molar-refractivity contribution in [2.24, 2.45) is 5.73 Å². The highest BCUT2D eigenvalue weighted by atomic mass is 16.4. The molecule has 106 valence electrons. The van der Waals surface area contributed by atoms with Gasteiger partial charge < -0.3 is 10.2 Å². The maximum atomic E-state index is 11.7. The van der Waals surface area contributed by atoms with E-state index in [0.29, 0.717) is 5.58 Å². The summed E-state index contributed by atoms with van der Waals surface area (Å²) in [6.45, 7) is 4.70. The number of rotatable bonds is 2. The van der Waals surface area contributed by atoms with Crippen molar-refractivity contribution >= 4 is 11.0 Å². The Morgan fingerprint density at radius 1 is 1.40 bits per heavy atom. The van der Waals surface area contributed by atoms with E-state index in [1.165, 1.54) is 0 Å². The number of nitrogens with zero attached hydrogens (tertiary/aromatic N) is 1. The zero-order valence-electron chi connectivity index (χ0n) is 11.8. The Morgan fingerprint density at radius 3 is 3.05 bits per heavy atom. The second-order valence-corrected chi connectivity index (χ2v) is 5.73. The fourth-order valence-electron chi connectivity index (χ4n) is 2.94. The number of piperidine rings is 1. The minimum absolute atomic E-state index is 0.248. The van der Waals surface area contributed by atoms with E-state index in [2.05, 4.69) is 4.90 Å². The summed E-state index contributed by atoms with van der Waals surface area (Å²) < 4.78 is 5.29. The van der Waals surface area contributed by atoms with Crippen LogP contribution in [-0.2, 0) is 6.54 Å². The molecule has 0 amide bonds. The van der Waals surface area contributed by atoms with E-state index >= 15 is 0 Å². The molecule has 1 atom stereocenters. The van der Waals surface area contributed by atoms with Crippen molar-refractivity contribution < 1.29 is 4.42 Å². The molecule has 20 heavy (non-hydrogen) atoms. The van der Waals surface area contributed by atoms with Crippen LogP contribution in [0.2, 0.25) is 0 Å². The lowest BCUT2D eigenvalue weighted by atomic mass is 10.0. The molecule has 0 saturated carbocycles. The molecule has 0 spiro atoms. The molecular formula is C16H20N2O2. The van der Waals surface area contributed by atoms with Crippen molar-refractivity contribution in [3.63, 3.8) is 0 Å². The highest BCUT2D eigenvalue weighted by molar-refractivity contribution is 5.80. The van der Waals surface area contributed by atoms with Crippen LogP contribution in [0.1, 0.15) is 24.0 Å². The van der Waals surface area contributed by atoms with Gasteiger partial charge in [-0.1, -0.05) is 12.1 Å². The molecule has 0 bridgehead atoms. The van der Waals surface area contributed by atoms with Crippen molar-refractivity contribution in [1.29, 1.82) is 0 Å². The summed E-state index contributed by atoms with van der Waals surface area (Å²) in [4.78, 5) is 14.0. The molecule has 2 heterocycles. The monoisotopic (exact) mass is 272 g/mol. The molecule has 0 aliphatic carbocycles. The van der Waals surface area contributed by atoms with Crippen LogP contribution in [0.15, 0.2) is 33.5 Å². The molecule has 1 fully saturated rings. The van der Waals surface area contributed by atoms with Crippen LogP contribution in [0.4, 0.5) is 0 Å². The Labute approximate surface area is 118 Å². The zero-order valence-corrected chi connectivity index (χ0v) is 11.8. The molecule has 4 heteroatoms. The minimum Gasteiger partial charge on any atom is -0.423 e. The molecule has 0 radical (unpaired) electrons. The highest BCUT2D eigenvalue weighted by Gasteiger charge is 2.18. The summed E-state index contributed by atoms with van der Waals surface area (Å²) in [5.74, 6) is 0. The smallest absolute Gasteiger partial charge is 0.336 e. The first-order valence-corrected chi connectivity index (χ1v) is 7.13. The lowest BCUT2D eigenvalue weighted by Crippen LogP contribution is -2.42. The van der Waals surface area contributed by atoms with Crippen LogP contribution in [0.25, 0.3) is 11.0 Å². The van der Waals surface area contributed by atoms with Gasteiger partial charge in [-0.3, -0.25) is 4.90 Å². The Balaban J connectivity index is 1.96. The van der Waals surface area contributed by atoms with Gasteiger partial charge >= 0.3 is 5.63 Å². The third-order valence-electron chi connectivity index (χ3n) is 3.92. The van der Waals surface area contributed by atoms with Crippen molar-refractivity contribution in [2.75, 3.05) is 13.1 Å². The number of aryl methyl sites for hydroxylation is 1. The first-order chi connectivity index (χ1) is 9.61. The van der Waals surface area contributed by atoms with Crippen LogP contribution in [-0.4, -0.2) is 24.0 Å². The maximum absolute atomic E-state index is 11.7. The standard InChI is InChI=1S/C16H20N2O2/c1-11-4-5-14-12(8-16(19)20-15(14)7-11)9-18-6-2-3-13(17)10-18/h4-5,7-8,13H,2-3,6,9-10,17H2,1H3. The first-order valence-electron chi connectivity index (χ1n) is 7.13. The Hall–Kier alpha value is -1.65. The molecule has 3 rings (SSSR count). The van der Waals surface area contributed by atoms with E-state index in [1.807, 2.05) is 25.1 Å². The number of likely N-dealkylation sites (tertiary alicyclic amines) is 1. The average molecular weight is 272 g/mol. The summed E-state index contributed by atoms with van der Waals surface area (Å²) in [5.41, 5.74) is 8.54. The fourth-order valence-corrected chi connectivity index (χ4v) is 2.94. The van der Waals surface area contributed by atoms with Crippen molar-refractivity contribution in [2.45, 2.75) is 32.4 Å². The molecule has 1 aliphatic heterocycles. The van der Waals surface area contributed by atoms with Gasteiger partial charge in [0.05, 0.1) is 0 Å². The largest absolute Gasteiger partial charge is 0.423 e. The molecule has 2 N–H and O–H groups in total. The average Bonchev–Trinajstić information content (AvgIpc) is 2.37. The molecule has 1 unspecified atom stereocenters. The number of nitrogens with two attached hydrogens (primary N) is 1. The van der Waals surface area contributed by atoms with Gasteiger partial charge in [0.2, 0.25) is 0 Å². The van der Waals surface area contributed by atoms with Crippen LogP contribution >= 0.6 is 0 Å². The normalized spacial score (nSPS) is 20.4. The first kappa shape index (κ1) is 13.3. The van der Waals surface area contributed by atoms with E-state index < -0.39 is 0 Å². The van der Waals surface area contributed by atoms with Gasteiger partial charge in [-0.05, 0) is 43.5 Å². The lowest BCUT2D eigenvalue weighted by Gasteiger charge is -2.30. The van der Waals surface area contributed by atoms with Gasteiger partial charge in [-0.15, -0.1) is 0 Å². The summed E-state index contributed by atoms with van der Waals surface area (Å²) >= 11 is 0. The van der Waals surface area contributed by atoms with E-state index in [4.69, 9.17) is 10.2 Å². The fraction of sp³-hybridized carbons (Fsp3) is 0.438. The predicted molar refractivity (Wildman–Crippen MR) is 79.7 cm³/mol. The second kappa shape index (κ2) is 5.38. The van der Waals surface area contributed by atoms with Gasteiger partial charge in [0.25, 0.3) is 0 Å². The summed E-state index contributed by atoms with van der Waals surface area (Å²) in [7, 11) is 0. The second-order valence-electron chi connectivity index (χ2n) is 5.73. The molecule has 1 aliphatic rings. The molecular weight excluding hydrogens is 252 g/mol. The third kappa shape index (κ3) is 2.76. The van der Waals surface area contributed by atoms with Gasteiger partial charge in [0.15, 0.2) is 0 Å². The van der Waals surface area contributed by atoms with Crippen LogP contribution in [0.5, 0.6) is 0 Å². The summed E-state index contributed by atoms with van der Waals surface area (Å²) in [5, 5.41) is 1.02. The predicted octanol–water partition coefficient (Wildman–Crippen LogP) is 2.02. The summed E-state index contributed by atoms with van der Waals surface area (Å²) in [6.07, 6.45) is 2.22. The minimum atomic E-state index is -0.278. The quantitative estimate of drug-likeness (QED) is 0.850. The molecule has 2 aromatic rings. The zero-order chi connectivity index (χ0) is 14.1. The van der Waals surface area contributed by atoms with E-state index in [1.54, 1.807) is 6.07 Å². The number of hydrogen-bond acceptors (Lipinski definition) is 4. The van der Waals surface area contributed by atoms with E-state index in [9.17, 15) is 4.79 Å². The van der Waals surface area contributed by atoms with Gasteiger partial charge in [0, 0.05) is 30.6 Å². The SMILES string of the molecule is Cc1ccc2c(CN3CCCC(N)C3)cc(=O)oc2c1. The highest BCUT2D eigenvalue weighted by Crippen LogP contribution is 2.21. The summed E-state index contributed by atoms with van der Waals surface area (Å²) in [6, 6.07) is 7.86. The van der Waals surface area contributed by atoms with E-state index in [0.717, 1.165) is 49.0 Å². The molecule has 4 nitrogen and oxygen atoms in total. The van der Waals surface area contributed by atoms with Crippen LogP contribution in [0, 0.1) is 6.92 Å². The number of fused-ring (bicyclic) bond motifs is 1. The number of benzene rings is 1. The van der Waals surface area contributed by atoms with E-state index in [-0.39, 0.29) is 11.7 Å². The third-order valence-corrected chi connectivity index (χ3v) is 3.92. The molecule has 1 aromatic carbocycles. The van der Waals surface area contributed by atoms with Crippen molar-refractivity contribution in [3.8, 4) is 0 Å². The Kier molecular flexibility index (Phi) is 3.59. The van der Waals surface area contributed by atoms with Crippen molar-refractivity contribution in [1.82, 2.24) is 4.90 Å². The number of hydrogen-bond donors (Lipinski definition) is 1. The topological polar surface area (TPSA) is 59.5 Å². The Morgan fingerprint density at radius 2 is 2.25 bits per heavy atom. The van der Waals surface area contributed by atoms with Crippen molar-refractivity contribution in [3.05, 3.63) is 45.8 Å². The Bertz CT molecular complexity index is 678. The molecule has 1 aromatic heterocycles. The molecule has 1 saturated heterocycles.